The highest BCUT2D eigenvalue weighted by Gasteiger charge is 2.69. The fraction of sp³-hybridized carbons (Fsp3) is 0.828. The molecule has 0 amide bonds. The third-order valence-electron chi connectivity index (χ3n) is 12.5. The molecule has 5 nitrogen and oxygen atoms in total. The van der Waals surface area contributed by atoms with Crippen LogP contribution in [-0.4, -0.2) is 45.2 Å². The van der Waals surface area contributed by atoms with Crippen molar-refractivity contribution in [1.82, 2.24) is 0 Å². The van der Waals surface area contributed by atoms with E-state index in [0.29, 0.717) is 25.2 Å². The normalized spacial score (nSPS) is 54.7. The van der Waals surface area contributed by atoms with E-state index in [4.69, 9.17) is 0 Å². The summed E-state index contributed by atoms with van der Waals surface area (Å²) in [6.45, 7) is 13.5. The number of hydrogen-bond donors (Lipinski definition) is 4. The number of allylic oxidation sites excluding steroid dienone is 3. The second-order valence-corrected chi connectivity index (χ2v) is 13.3. The summed E-state index contributed by atoms with van der Waals surface area (Å²) in [5.41, 5.74) is 1.55. The van der Waals surface area contributed by atoms with Crippen LogP contribution in [0.2, 0.25) is 0 Å². The van der Waals surface area contributed by atoms with Gasteiger partial charge in [-0.1, -0.05) is 51.5 Å². The third kappa shape index (κ3) is 2.81. The highest BCUT2D eigenvalue weighted by Crippen LogP contribution is 2.74. The molecule has 2 unspecified atom stereocenters. The number of carboxylic acid groups (broad SMARTS) is 1. The molecule has 4 fully saturated rings. The van der Waals surface area contributed by atoms with Crippen LogP contribution in [0.4, 0.5) is 0 Å². The first-order valence-corrected chi connectivity index (χ1v) is 13.5. The molecule has 5 rings (SSSR count). The van der Waals surface area contributed by atoms with E-state index in [1.54, 1.807) is 0 Å². The quantitative estimate of drug-likeness (QED) is 0.442. The Labute approximate surface area is 204 Å². The van der Waals surface area contributed by atoms with E-state index < -0.39 is 23.6 Å². The van der Waals surface area contributed by atoms with Crippen LogP contribution in [0, 0.1) is 51.2 Å². The minimum atomic E-state index is -0.863. The summed E-state index contributed by atoms with van der Waals surface area (Å²) in [7, 11) is 0. The second-order valence-electron chi connectivity index (χ2n) is 13.3. The minimum absolute atomic E-state index is 0.00253. The Kier molecular flexibility index (Phi) is 5.53. The van der Waals surface area contributed by atoms with Gasteiger partial charge >= 0.3 is 5.97 Å². The van der Waals surface area contributed by atoms with Crippen LogP contribution in [0.1, 0.15) is 79.1 Å². The van der Waals surface area contributed by atoms with Crippen molar-refractivity contribution in [3.8, 4) is 0 Å². The van der Waals surface area contributed by atoms with Gasteiger partial charge < -0.3 is 20.4 Å². The zero-order valence-corrected chi connectivity index (χ0v) is 21.4. The summed E-state index contributed by atoms with van der Waals surface area (Å²) in [5.74, 6) is -0.265. The molecule has 0 aromatic rings. The van der Waals surface area contributed by atoms with Gasteiger partial charge in [-0.05, 0) is 85.4 Å². The van der Waals surface area contributed by atoms with Crippen molar-refractivity contribution < 1.29 is 25.2 Å². The van der Waals surface area contributed by atoms with Crippen LogP contribution < -0.4 is 0 Å². The number of aliphatic hydroxyl groups excluding tert-OH is 3. The van der Waals surface area contributed by atoms with E-state index in [2.05, 4.69) is 40.3 Å². The molecule has 4 N–H and O–H groups in total. The fourth-order valence-corrected chi connectivity index (χ4v) is 10.3. The number of carboxylic acids is 1. The topological polar surface area (TPSA) is 98.0 Å². The molecule has 5 aliphatic carbocycles. The largest absolute Gasteiger partial charge is 0.481 e. The first-order chi connectivity index (χ1) is 15.9. The van der Waals surface area contributed by atoms with Crippen molar-refractivity contribution in [3.63, 3.8) is 0 Å². The second kappa shape index (κ2) is 7.66. The van der Waals surface area contributed by atoms with Crippen LogP contribution in [0.25, 0.3) is 0 Å². The summed E-state index contributed by atoms with van der Waals surface area (Å²) < 4.78 is 0. The first-order valence-electron chi connectivity index (χ1n) is 13.5. The minimum Gasteiger partial charge on any atom is -0.481 e. The molecule has 5 aliphatic rings. The monoisotopic (exact) mass is 472 g/mol. The zero-order valence-electron chi connectivity index (χ0n) is 21.4. The van der Waals surface area contributed by atoms with Gasteiger partial charge in [0.25, 0.3) is 0 Å². The molecule has 0 aromatic carbocycles. The van der Waals surface area contributed by atoms with Crippen molar-refractivity contribution in [2.75, 3.05) is 6.61 Å². The SMILES string of the molecule is C=C1CC[C@]2(C(=O)O)CC[C@]3(C)C(=CCC4[C@@]5(C)C[C@@H](O)[C@H](O)C(CO)[C@@H]5CC[C@]43C)[C@@H]2[C@H]1C. The molecular weight excluding hydrogens is 428 g/mol. The Morgan fingerprint density at radius 3 is 2.50 bits per heavy atom. The Bertz CT molecular complexity index is 925. The van der Waals surface area contributed by atoms with Gasteiger partial charge in [0.15, 0.2) is 0 Å². The van der Waals surface area contributed by atoms with E-state index >= 15 is 0 Å². The predicted molar refractivity (Wildman–Crippen MR) is 131 cm³/mol. The number of fused-ring (bicyclic) bond motifs is 7. The van der Waals surface area contributed by atoms with Crippen LogP contribution in [-0.2, 0) is 4.79 Å². The van der Waals surface area contributed by atoms with Crippen molar-refractivity contribution in [2.45, 2.75) is 91.3 Å². The van der Waals surface area contributed by atoms with E-state index in [1.807, 2.05) is 0 Å². The lowest BCUT2D eigenvalue weighted by molar-refractivity contribution is -0.213. The third-order valence-corrected chi connectivity index (χ3v) is 12.5. The van der Waals surface area contributed by atoms with Gasteiger partial charge in [-0.15, -0.1) is 0 Å². The van der Waals surface area contributed by atoms with Crippen molar-refractivity contribution in [3.05, 3.63) is 23.8 Å². The highest BCUT2D eigenvalue weighted by atomic mass is 16.4. The van der Waals surface area contributed by atoms with Gasteiger partial charge in [-0.3, -0.25) is 4.79 Å². The first kappa shape index (κ1) is 24.5. The van der Waals surface area contributed by atoms with Gasteiger partial charge in [0.1, 0.15) is 0 Å². The standard InChI is InChI=1S/C29H44O5/c1-16-8-11-29(25(33)34)13-12-27(4)20(23(29)17(16)2)6-7-22-26(3)14-21(31)24(32)18(15-30)19(26)9-10-28(22,27)5/h6,17-19,21-24,30-32H,1,7-15H2,2-5H3,(H,33,34)/t17-,18?,19-,21+,22?,23-,24+,26-,27+,28+,29-/m0/s1. The summed E-state index contributed by atoms with van der Waals surface area (Å²) in [6.07, 6.45) is 7.16. The van der Waals surface area contributed by atoms with Gasteiger partial charge in [0.05, 0.1) is 17.6 Å². The van der Waals surface area contributed by atoms with Crippen LogP contribution in [0.3, 0.4) is 0 Å². The maximum atomic E-state index is 12.7. The smallest absolute Gasteiger partial charge is 0.310 e. The molecule has 0 radical (unpaired) electrons. The number of carbonyl (C=O) groups is 1. The molecule has 0 saturated heterocycles. The fourth-order valence-electron chi connectivity index (χ4n) is 10.3. The Hall–Kier alpha value is -1.17. The van der Waals surface area contributed by atoms with E-state index in [-0.39, 0.29) is 46.5 Å². The summed E-state index contributed by atoms with van der Waals surface area (Å²) in [4.78, 5) is 12.7. The van der Waals surface area contributed by atoms with Crippen LogP contribution in [0.15, 0.2) is 23.8 Å². The molecule has 34 heavy (non-hydrogen) atoms. The average molecular weight is 473 g/mol. The van der Waals surface area contributed by atoms with E-state index in [1.165, 1.54) is 11.1 Å². The molecule has 5 heteroatoms. The van der Waals surface area contributed by atoms with Crippen LogP contribution >= 0.6 is 0 Å². The molecule has 11 atom stereocenters. The Morgan fingerprint density at radius 2 is 1.85 bits per heavy atom. The van der Waals surface area contributed by atoms with Gasteiger partial charge in [-0.2, -0.15) is 0 Å². The Morgan fingerprint density at radius 1 is 1.15 bits per heavy atom. The molecular formula is C29H44O5. The van der Waals surface area contributed by atoms with Crippen LogP contribution in [0.5, 0.6) is 0 Å². The lowest BCUT2D eigenvalue weighted by atomic mass is 9.34. The number of aliphatic carboxylic acids is 1. The molecule has 0 bridgehead atoms. The maximum Gasteiger partial charge on any atom is 0.310 e. The zero-order chi connectivity index (χ0) is 24.8. The predicted octanol–water partition coefficient (Wildman–Crippen LogP) is 4.56. The molecule has 0 spiro atoms. The van der Waals surface area contributed by atoms with Crippen molar-refractivity contribution in [1.29, 1.82) is 0 Å². The molecule has 4 saturated carbocycles. The number of rotatable bonds is 2. The van der Waals surface area contributed by atoms with E-state index in [0.717, 1.165) is 32.1 Å². The summed E-state index contributed by atoms with van der Waals surface area (Å²) in [6, 6.07) is 0. The molecule has 0 aromatic heterocycles. The van der Waals surface area contributed by atoms with Gasteiger partial charge in [-0.25, -0.2) is 0 Å². The van der Waals surface area contributed by atoms with Crippen molar-refractivity contribution >= 4 is 5.97 Å². The number of hydrogen-bond acceptors (Lipinski definition) is 4. The number of aliphatic hydroxyl groups is 3. The summed E-state index contributed by atoms with van der Waals surface area (Å²) >= 11 is 0. The summed E-state index contributed by atoms with van der Waals surface area (Å²) in [5, 5.41) is 42.1. The lowest BCUT2D eigenvalue weighted by Gasteiger charge is -2.70. The van der Waals surface area contributed by atoms with Gasteiger partial charge in [0, 0.05) is 18.4 Å². The van der Waals surface area contributed by atoms with Crippen molar-refractivity contribution in [2.24, 2.45) is 51.2 Å². The van der Waals surface area contributed by atoms with Gasteiger partial charge in [0.2, 0.25) is 0 Å². The molecule has 0 aliphatic heterocycles. The average Bonchev–Trinajstić information content (AvgIpc) is 2.78. The lowest BCUT2D eigenvalue weighted by Crippen LogP contribution is -2.65. The maximum absolute atomic E-state index is 12.7. The van der Waals surface area contributed by atoms with E-state index in [9.17, 15) is 25.2 Å². The molecule has 0 heterocycles. The molecule has 190 valence electrons. The highest BCUT2D eigenvalue weighted by molar-refractivity contribution is 5.77. The Balaban J connectivity index is 1.61.